The molecule has 0 aliphatic heterocycles. The van der Waals surface area contributed by atoms with E-state index in [0.29, 0.717) is 5.56 Å². The number of hydrogen-bond acceptors (Lipinski definition) is 4. The molecule has 4 nitrogen and oxygen atoms in total. The van der Waals surface area contributed by atoms with Gasteiger partial charge in [-0.15, -0.1) is 0 Å². The van der Waals surface area contributed by atoms with Gasteiger partial charge in [-0.25, -0.2) is 9.37 Å². The summed E-state index contributed by atoms with van der Waals surface area (Å²) in [5, 5.41) is -0.295. The number of ketones is 1. The molecule has 0 amide bonds. The Morgan fingerprint density at radius 3 is 2.79 bits per heavy atom. The fourth-order valence-corrected chi connectivity index (χ4v) is 1.86. The van der Waals surface area contributed by atoms with Gasteiger partial charge in [0.25, 0.3) is 0 Å². The van der Waals surface area contributed by atoms with E-state index in [1.54, 1.807) is 12.1 Å². The maximum Gasteiger partial charge on any atom is 0.173 e. The van der Waals surface area contributed by atoms with Gasteiger partial charge in [0.2, 0.25) is 0 Å². The van der Waals surface area contributed by atoms with Crippen LogP contribution in [0.4, 0.5) is 4.39 Å². The van der Waals surface area contributed by atoms with Gasteiger partial charge < -0.3 is 4.74 Å². The lowest BCUT2D eigenvalue weighted by Crippen LogP contribution is -2.02. The Morgan fingerprint density at radius 1 is 1.42 bits per heavy atom. The van der Waals surface area contributed by atoms with E-state index in [2.05, 4.69) is 9.97 Å². The molecule has 0 N–H and O–H groups in total. The minimum Gasteiger partial charge on any atom is -0.494 e. The number of methoxy groups -OCH3 is 1. The third kappa shape index (κ3) is 2.42. The molecule has 2 heterocycles. The summed E-state index contributed by atoms with van der Waals surface area (Å²) in [6.07, 6.45) is 2.76. The highest BCUT2D eigenvalue weighted by Gasteiger charge is 2.21. The highest BCUT2D eigenvalue weighted by Crippen LogP contribution is 2.35. The zero-order valence-electron chi connectivity index (χ0n) is 10.3. The van der Waals surface area contributed by atoms with E-state index in [4.69, 9.17) is 16.3 Å². The molecule has 0 aliphatic rings. The van der Waals surface area contributed by atoms with Gasteiger partial charge >= 0.3 is 0 Å². The van der Waals surface area contributed by atoms with Crippen molar-refractivity contribution in [1.29, 1.82) is 0 Å². The third-order valence-electron chi connectivity index (χ3n) is 2.59. The molecule has 2 aromatic heterocycles. The van der Waals surface area contributed by atoms with Crippen molar-refractivity contribution in [2.75, 3.05) is 7.11 Å². The zero-order chi connectivity index (χ0) is 14.0. The van der Waals surface area contributed by atoms with Gasteiger partial charge in [0, 0.05) is 11.8 Å². The van der Waals surface area contributed by atoms with Crippen molar-refractivity contribution in [3.8, 4) is 17.0 Å². The van der Waals surface area contributed by atoms with Crippen molar-refractivity contribution < 1.29 is 13.9 Å². The van der Waals surface area contributed by atoms with Crippen LogP contribution in [0.3, 0.4) is 0 Å². The van der Waals surface area contributed by atoms with Crippen LogP contribution in [-0.4, -0.2) is 22.9 Å². The number of rotatable bonds is 3. The Kier molecular flexibility index (Phi) is 3.76. The van der Waals surface area contributed by atoms with E-state index >= 15 is 0 Å². The second kappa shape index (κ2) is 5.32. The quantitative estimate of drug-likeness (QED) is 0.640. The van der Waals surface area contributed by atoms with Crippen LogP contribution < -0.4 is 4.74 Å². The van der Waals surface area contributed by atoms with E-state index in [9.17, 15) is 9.18 Å². The third-order valence-corrected chi connectivity index (χ3v) is 2.85. The summed E-state index contributed by atoms with van der Waals surface area (Å²) in [5.74, 6) is -0.817. The summed E-state index contributed by atoms with van der Waals surface area (Å²) in [7, 11) is 1.38. The molecular formula is C13H10ClFN2O2. The molecule has 0 radical (unpaired) electrons. The number of nitrogens with zero attached hydrogens (tertiary/aromatic N) is 2. The number of carbonyl (C=O) groups is 1. The zero-order valence-corrected chi connectivity index (χ0v) is 11.0. The van der Waals surface area contributed by atoms with Crippen LogP contribution in [-0.2, 0) is 0 Å². The Morgan fingerprint density at radius 2 is 2.16 bits per heavy atom. The van der Waals surface area contributed by atoms with Crippen molar-refractivity contribution in [3.63, 3.8) is 0 Å². The van der Waals surface area contributed by atoms with Crippen molar-refractivity contribution in [3.05, 3.63) is 41.1 Å². The first-order chi connectivity index (χ1) is 9.06. The molecule has 19 heavy (non-hydrogen) atoms. The lowest BCUT2D eigenvalue weighted by Gasteiger charge is -2.11. The Hall–Kier alpha value is -2.01. The second-order valence-electron chi connectivity index (χ2n) is 3.76. The number of Topliss-reactive ketones (excluding diaryl/α,β-unsaturated/α-hetero) is 1. The molecule has 2 rings (SSSR count). The van der Waals surface area contributed by atoms with Crippen LogP contribution in [0.1, 0.15) is 17.3 Å². The molecular weight excluding hydrogens is 271 g/mol. The predicted octanol–water partition coefficient (Wildman–Crippen LogP) is 3.15. The monoisotopic (exact) mass is 280 g/mol. The number of pyridine rings is 2. The van der Waals surface area contributed by atoms with Crippen LogP contribution in [0, 0.1) is 5.82 Å². The topological polar surface area (TPSA) is 52.1 Å². The first-order valence-corrected chi connectivity index (χ1v) is 5.78. The Balaban J connectivity index is 2.78. The number of aromatic nitrogens is 2. The fraction of sp³-hybridized carbons (Fsp3) is 0.154. The normalized spacial score (nSPS) is 10.3. The SMILES string of the molecule is COc1cnc(Cl)c(F)c1-c1ncccc1C(C)=O. The molecule has 0 spiro atoms. The van der Waals surface area contributed by atoms with Crippen LogP contribution in [0.2, 0.25) is 5.15 Å². The molecule has 0 unspecified atom stereocenters. The van der Waals surface area contributed by atoms with Gasteiger partial charge in [-0.3, -0.25) is 9.78 Å². The Labute approximate surface area is 114 Å². The average Bonchev–Trinajstić information content (AvgIpc) is 2.41. The minimum absolute atomic E-state index is 0.0355. The Bertz CT molecular complexity index is 647. The molecule has 2 aromatic rings. The molecule has 6 heteroatoms. The van der Waals surface area contributed by atoms with E-state index in [-0.39, 0.29) is 27.9 Å². The smallest absolute Gasteiger partial charge is 0.173 e. The summed E-state index contributed by atoms with van der Waals surface area (Å²) >= 11 is 5.67. The van der Waals surface area contributed by atoms with E-state index in [1.807, 2.05) is 0 Å². The lowest BCUT2D eigenvalue weighted by atomic mass is 10.0. The first kappa shape index (κ1) is 13.4. The summed E-state index contributed by atoms with van der Waals surface area (Å²) in [4.78, 5) is 19.3. The molecule has 0 saturated carbocycles. The van der Waals surface area contributed by atoms with Gasteiger partial charge in [-0.1, -0.05) is 11.6 Å². The molecule has 0 bridgehead atoms. The van der Waals surface area contributed by atoms with Gasteiger partial charge in [0.15, 0.2) is 16.8 Å². The fourth-order valence-electron chi connectivity index (χ4n) is 1.71. The van der Waals surface area contributed by atoms with Crippen molar-refractivity contribution in [1.82, 2.24) is 9.97 Å². The maximum atomic E-state index is 14.2. The van der Waals surface area contributed by atoms with Gasteiger partial charge in [-0.05, 0) is 19.1 Å². The van der Waals surface area contributed by atoms with Crippen molar-refractivity contribution in [2.24, 2.45) is 0 Å². The number of halogens is 2. The summed E-state index contributed by atoms with van der Waals surface area (Å²) < 4.78 is 19.2. The van der Waals surface area contributed by atoms with Gasteiger partial charge in [-0.2, -0.15) is 0 Å². The number of ether oxygens (including phenoxy) is 1. The van der Waals surface area contributed by atoms with Crippen molar-refractivity contribution in [2.45, 2.75) is 6.92 Å². The second-order valence-corrected chi connectivity index (χ2v) is 4.12. The van der Waals surface area contributed by atoms with Crippen LogP contribution in [0.15, 0.2) is 24.5 Å². The van der Waals surface area contributed by atoms with E-state index in [0.717, 1.165) is 0 Å². The molecule has 0 saturated heterocycles. The minimum atomic E-state index is -0.762. The van der Waals surface area contributed by atoms with Crippen LogP contribution in [0.25, 0.3) is 11.3 Å². The molecule has 0 fully saturated rings. The maximum absolute atomic E-state index is 14.2. The molecule has 0 atom stereocenters. The highest BCUT2D eigenvalue weighted by atomic mass is 35.5. The van der Waals surface area contributed by atoms with Crippen LogP contribution in [0.5, 0.6) is 5.75 Å². The summed E-state index contributed by atoms with van der Waals surface area (Å²) in [6, 6.07) is 3.17. The number of carbonyl (C=O) groups excluding carboxylic acids is 1. The van der Waals surface area contributed by atoms with Gasteiger partial charge in [0.1, 0.15) is 5.75 Å². The summed E-state index contributed by atoms with van der Waals surface area (Å²) in [6.45, 7) is 1.38. The standard InChI is InChI=1S/C13H10ClFN2O2/c1-7(18)8-4-3-5-16-12(8)10-9(19-2)6-17-13(14)11(10)15/h3-6H,1-2H3. The first-order valence-electron chi connectivity index (χ1n) is 5.40. The highest BCUT2D eigenvalue weighted by molar-refractivity contribution is 6.30. The van der Waals surface area contributed by atoms with Crippen molar-refractivity contribution >= 4 is 17.4 Å². The average molecular weight is 281 g/mol. The lowest BCUT2D eigenvalue weighted by molar-refractivity contribution is 0.101. The van der Waals surface area contributed by atoms with E-state index < -0.39 is 5.82 Å². The predicted molar refractivity (Wildman–Crippen MR) is 69.0 cm³/mol. The number of hydrogen-bond donors (Lipinski definition) is 0. The summed E-state index contributed by atoms with van der Waals surface area (Å²) in [5.41, 5.74) is 0.518. The largest absolute Gasteiger partial charge is 0.494 e. The molecule has 0 aliphatic carbocycles. The molecule has 0 aromatic carbocycles. The van der Waals surface area contributed by atoms with Crippen LogP contribution >= 0.6 is 11.6 Å². The molecule has 98 valence electrons. The van der Waals surface area contributed by atoms with Gasteiger partial charge in [0.05, 0.1) is 24.6 Å². The van der Waals surface area contributed by atoms with E-state index in [1.165, 1.54) is 26.4 Å².